The third-order valence-corrected chi connectivity index (χ3v) is 2.30. The fraction of sp³-hybridized carbons (Fsp3) is 0.0769. The van der Waals surface area contributed by atoms with E-state index in [1.54, 1.807) is 36.7 Å². The molecule has 0 bridgehead atoms. The predicted octanol–water partition coefficient (Wildman–Crippen LogP) is 2.88. The van der Waals surface area contributed by atoms with Crippen molar-refractivity contribution in [3.05, 3.63) is 53.9 Å². The third-order valence-electron chi connectivity index (χ3n) is 2.30. The van der Waals surface area contributed by atoms with E-state index < -0.39 is 5.97 Å². The highest BCUT2D eigenvalue weighted by Crippen LogP contribution is 2.25. The van der Waals surface area contributed by atoms with Crippen molar-refractivity contribution < 1.29 is 14.6 Å². The molecule has 2 aromatic rings. The zero-order valence-corrected chi connectivity index (χ0v) is 9.25. The number of ether oxygens (including phenoxy) is 1. The summed E-state index contributed by atoms with van der Waals surface area (Å²) in [7, 11) is 0. The van der Waals surface area contributed by atoms with E-state index in [1.807, 2.05) is 6.92 Å². The van der Waals surface area contributed by atoms with E-state index in [1.165, 1.54) is 6.07 Å². The average molecular weight is 229 g/mol. The van der Waals surface area contributed by atoms with Gasteiger partial charge >= 0.3 is 5.97 Å². The first-order valence-electron chi connectivity index (χ1n) is 5.08. The van der Waals surface area contributed by atoms with E-state index in [4.69, 9.17) is 9.84 Å². The second-order valence-corrected chi connectivity index (χ2v) is 3.58. The first-order valence-corrected chi connectivity index (χ1v) is 5.08. The molecule has 17 heavy (non-hydrogen) atoms. The topological polar surface area (TPSA) is 59.4 Å². The highest BCUT2D eigenvalue weighted by atomic mass is 16.5. The molecular weight excluding hydrogens is 218 g/mol. The zero-order chi connectivity index (χ0) is 12.3. The Kier molecular flexibility index (Phi) is 3.05. The fourth-order valence-corrected chi connectivity index (χ4v) is 1.38. The number of hydrogen-bond donors (Lipinski definition) is 1. The Balaban J connectivity index is 2.32. The summed E-state index contributed by atoms with van der Waals surface area (Å²) in [5.41, 5.74) is 1.08. The molecular formula is C13H11NO3. The summed E-state index contributed by atoms with van der Waals surface area (Å²) in [4.78, 5) is 14.8. The molecule has 0 saturated carbocycles. The lowest BCUT2D eigenvalue weighted by Gasteiger charge is -2.08. The molecule has 0 atom stereocenters. The van der Waals surface area contributed by atoms with Crippen molar-refractivity contribution in [2.24, 2.45) is 0 Å². The Morgan fingerprint density at radius 1 is 1.35 bits per heavy atom. The van der Waals surface area contributed by atoms with E-state index in [2.05, 4.69) is 4.98 Å². The molecule has 0 aliphatic rings. The molecule has 0 radical (unpaired) electrons. The molecule has 0 unspecified atom stereocenters. The number of hydrogen-bond acceptors (Lipinski definition) is 3. The minimum atomic E-state index is -0.971. The molecule has 1 heterocycles. The van der Waals surface area contributed by atoms with Crippen LogP contribution in [0.15, 0.2) is 42.7 Å². The molecule has 0 aliphatic heterocycles. The van der Waals surface area contributed by atoms with Crippen molar-refractivity contribution in [2.45, 2.75) is 6.92 Å². The Labute approximate surface area is 98.5 Å². The number of nitrogens with zero attached hydrogens (tertiary/aromatic N) is 1. The molecule has 0 aliphatic carbocycles. The number of carbonyl (C=O) groups is 1. The second kappa shape index (κ2) is 4.65. The van der Waals surface area contributed by atoms with Crippen LogP contribution in [-0.4, -0.2) is 16.1 Å². The van der Waals surface area contributed by atoms with Crippen LogP contribution in [0.2, 0.25) is 0 Å². The van der Waals surface area contributed by atoms with Gasteiger partial charge in [0.05, 0.1) is 11.8 Å². The number of aryl methyl sites for hydroxylation is 1. The molecule has 0 saturated heterocycles. The summed E-state index contributed by atoms with van der Waals surface area (Å²) in [6, 6.07) is 8.29. The Morgan fingerprint density at radius 2 is 2.18 bits per heavy atom. The Bertz CT molecular complexity index is 538. The molecule has 4 nitrogen and oxygen atoms in total. The summed E-state index contributed by atoms with van der Waals surface area (Å²) >= 11 is 0. The van der Waals surface area contributed by atoms with Gasteiger partial charge in [-0.05, 0) is 36.8 Å². The molecule has 1 aromatic heterocycles. The highest BCUT2D eigenvalue weighted by Gasteiger charge is 2.07. The first kappa shape index (κ1) is 11.1. The zero-order valence-electron chi connectivity index (χ0n) is 9.25. The van der Waals surface area contributed by atoms with Gasteiger partial charge in [-0.2, -0.15) is 0 Å². The third kappa shape index (κ3) is 2.60. The predicted molar refractivity (Wildman–Crippen MR) is 62.4 cm³/mol. The average Bonchev–Trinajstić information content (AvgIpc) is 2.33. The van der Waals surface area contributed by atoms with E-state index in [9.17, 15) is 4.79 Å². The number of carboxylic acid groups (broad SMARTS) is 1. The summed E-state index contributed by atoms with van der Waals surface area (Å²) in [5.74, 6) is 0.136. The second-order valence-electron chi connectivity index (χ2n) is 3.58. The standard InChI is InChI=1S/C13H11NO3/c1-9-4-5-10(13(15)16)7-12(9)17-11-3-2-6-14-8-11/h2-8H,1H3,(H,15,16). The molecule has 86 valence electrons. The van der Waals surface area contributed by atoms with E-state index in [0.29, 0.717) is 11.5 Å². The quantitative estimate of drug-likeness (QED) is 0.879. The van der Waals surface area contributed by atoms with Crippen molar-refractivity contribution in [2.75, 3.05) is 0 Å². The molecule has 0 amide bonds. The summed E-state index contributed by atoms with van der Waals surface area (Å²) < 4.78 is 5.57. The van der Waals surface area contributed by atoms with Crippen LogP contribution in [0.4, 0.5) is 0 Å². The van der Waals surface area contributed by atoms with Crippen LogP contribution in [0.25, 0.3) is 0 Å². The molecule has 1 N–H and O–H groups in total. The lowest BCUT2D eigenvalue weighted by Crippen LogP contribution is -1.97. The van der Waals surface area contributed by atoms with Gasteiger partial charge in [-0.1, -0.05) is 6.07 Å². The van der Waals surface area contributed by atoms with Crippen LogP contribution in [0, 0.1) is 6.92 Å². The molecule has 2 rings (SSSR count). The number of carboxylic acids is 1. The Hall–Kier alpha value is -2.36. The normalized spacial score (nSPS) is 9.94. The first-order chi connectivity index (χ1) is 8.16. The van der Waals surface area contributed by atoms with Crippen molar-refractivity contribution in [1.29, 1.82) is 0 Å². The SMILES string of the molecule is Cc1ccc(C(=O)O)cc1Oc1cccnc1. The van der Waals surface area contributed by atoms with E-state index >= 15 is 0 Å². The lowest BCUT2D eigenvalue weighted by atomic mass is 10.1. The Morgan fingerprint density at radius 3 is 2.82 bits per heavy atom. The van der Waals surface area contributed by atoms with Crippen LogP contribution in [0.5, 0.6) is 11.5 Å². The summed E-state index contributed by atoms with van der Waals surface area (Å²) in [5, 5.41) is 8.90. The van der Waals surface area contributed by atoms with Crippen LogP contribution in [0.3, 0.4) is 0 Å². The number of aromatic carboxylic acids is 1. The van der Waals surface area contributed by atoms with Crippen LogP contribution in [0.1, 0.15) is 15.9 Å². The van der Waals surface area contributed by atoms with Gasteiger partial charge in [0.15, 0.2) is 0 Å². The monoisotopic (exact) mass is 229 g/mol. The maximum Gasteiger partial charge on any atom is 0.335 e. The van der Waals surface area contributed by atoms with Crippen LogP contribution in [-0.2, 0) is 0 Å². The molecule has 4 heteroatoms. The minimum absolute atomic E-state index is 0.203. The van der Waals surface area contributed by atoms with Gasteiger partial charge in [-0.3, -0.25) is 4.98 Å². The maximum atomic E-state index is 10.8. The smallest absolute Gasteiger partial charge is 0.335 e. The largest absolute Gasteiger partial charge is 0.478 e. The summed E-state index contributed by atoms with van der Waals surface area (Å²) in [6.07, 6.45) is 3.22. The maximum absolute atomic E-state index is 10.8. The van der Waals surface area contributed by atoms with Gasteiger partial charge in [0.1, 0.15) is 11.5 Å². The molecule has 0 fully saturated rings. The number of rotatable bonds is 3. The molecule has 1 aromatic carbocycles. The number of pyridine rings is 1. The van der Waals surface area contributed by atoms with Gasteiger partial charge < -0.3 is 9.84 Å². The number of benzene rings is 1. The van der Waals surface area contributed by atoms with Crippen molar-refractivity contribution in [3.63, 3.8) is 0 Å². The lowest BCUT2D eigenvalue weighted by molar-refractivity contribution is 0.0696. The highest BCUT2D eigenvalue weighted by molar-refractivity contribution is 5.88. The van der Waals surface area contributed by atoms with Crippen molar-refractivity contribution in [3.8, 4) is 11.5 Å². The van der Waals surface area contributed by atoms with Gasteiger partial charge in [0.25, 0.3) is 0 Å². The van der Waals surface area contributed by atoms with Crippen molar-refractivity contribution in [1.82, 2.24) is 4.98 Å². The minimum Gasteiger partial charge on any atom is -0.478 e. The van der Waals surface area contributed by atoms with E-state index in [0.717, 1.165) is 5.56 Å². The van der Waals surface area contributed by atoms with Gasteiger partial charge in [0, 0.05) is 6.20 Å². The van der Waals surface area contributed by atoms with Gasteiger partial charge in [-0.15, -0.1) is 0 Å². The van der Waals surface area contributed by atoms with Crippen LogP contribution < -0.4 is 4.74 Å². The number of aromatic nitrogens is 1. The van der Waals surface area contributed by atoms with Crippen LogP contribution >= 0.6 is 0 Å². The fourth-order valence-electron chi connectivity index (χ4n) is 1.38. The summed E-state index contributed by atoms with van der Waals surface area (Å²) in [6.45, 7) is 1.86. The van der Waals surface area contributed by atoms with Gasteiger partial charge in [0.2, 0.25) is 0 Å². The molecule has 0 spiro atoms. The van der Waals surface area contributed by atoms with E-state index in [-0.39, 0.29) is 5.56 Å². The van der Waals surface area contributed by atoms with Gasteiger partial charge in [-0.25, -0.2) is 4.79 Å². The van der Waals surface area contributed by atoms with Crippen molar-refractivity contribution >= 4 is 5.97 Å².